The second kappa shape index (κ2) is 13.6. The molecule has 0 aliphatic carbocycles. The van der Waals surface area contributed by atoms with Crippen molar-refractivity contribution in [2.45, 2.75) is 71.3 Å². The maximum absolute atomic E-state index is 12.2. The van der Waals surface area contributed by atoms with Gasteiger partial charge in [0.25, 0.3) is 0 Å². The SMILES string of the molecule is CCCC(O)(CCC)CNC(=NCC(=O)N1CCCCC1)NCC.I. The maximum Gasteiger partial charge on any atom is 0.244 e. The van der Waals surface area contributed by atoms with Gasteiger partial charge in [0.15, 0.2) is 5.96 Å². The zero-order valence-corrected chi connectivity index (χ0v) is 18.5. The standard InChI is InChI=1S/C18H36N4O2.HI/c1-4-10-18(24,11-5-2)15-21-17(19-6-3)20-14-16(23)22-12-8-7-9-13-22;/h24H,4-15H2,1-3H3,(H2,19,20,21);1H. The van der Waals surface area contributed by atoms with Gasteiger partial charge < -0.3 is 20.6 Å². The van der Waals surface area contributed by atoms with Gasteiger partial charge in [0, 0.05) is 26.2 Å². The Hall–Kier alpha value is -0.570. The van der Waals surface area contributed by atoms with Crippen LogP contribution in [0.15, 0.2) is 4.99 Å². The number of hydrogen-bond donors (Lipinski definition) is 3. The quantitative estimate of drug-likeness (QED) is 0.276. The second-order valence-electron chi connectivity index (χ2n) is 6.71. The highest BCUT2D eigenvalue weighted by Crippen LogP contribution is 2.18. The first-order valence-corrected chi connectivity index (χ1v) is 9.57. The fraction of sp³-hybridized carbons (Fsp3) is 0.889. The number of nitrogens with one attached hydrogen (secondary N) is 2. The van der Waals surface area contributed by atoms with E-state index in [9.17, 15) is 9.90 Å². The van der Waals surface area contributed by atoms with Crippen molar-refractivity contribution in [2.75, 3.05) is 32.7 Å². The topological polar surface area (TPSA) is 77.0 Å². The summed E-state index contributed by atoms with van der Waals surface area (Å²) in [5.74, 6) is 0.692. The molecule has 1 aliphatic rings. The van der Waals surface area contributed by atoms with Crippen molar-refractivity contribution in [1.29, 1.82) is 0 Å². The number of rotatable bonds is 9. The van der Waals surface area contributed by atoms with E-state index < -0.39 is 5.60 Å². The highest BCUT2D eigenvalue weighted by atomic mass is 127. The molecule has 0 spiro atoms. The van der Waals surface area contributed by atoms with Crippen LogP contribution in [-0.2, 0) is 4.79 Å². The number of halogens is 1. The Morgan fingerprint density at radius 1 is 1.08 bits per heavy atom. The summed E-state index contributed by atoms with van der Waals surface area (Å²) in [6.07, 6.45) is 6.81. The lowest BCUT2D eigenvalue weighted by molar-refractivity contribution is -0.130. The van der Waals surface area contributed by atoms with Gasteiger partial charge in [-0.2, -0.15) is 0 Å². The van der Waals surface area contributed by atoms with Crippen molar-refractivity contribution >= 4 is 35.8 Å². The minimum atomic E-state index is -0.712. The van der Waals surface area contributed by atoms with Crippen LogP contribution in [0.4, 0.5) is 0 Å². The number of nitrogens with zero attached hydrogens (tertiary/aromatic N) is 2. The third-order valence-electron chi connectivity index (χ3n) is 4.44. The molecule has 1 fully saturated rings. The van der Waals surface area contributed by atoms with Crippen LogP contribution < -0.4 is 10.6 Å². The van der Waals surface area contributed by atoms with Crippen molar-refractivity contribution in [1.82, 2.24) is 15.5 Å². The Labute approximate surface area is 170 Å². The van der Waals surface area contributed by atoms with Crippen LogP contribution in [0.25, 0.3) is 0 Å². The molecule has 0 aromatic carbocycles. The van der Waals surface area contributed by atoms with Crippen LogP contribution >= 0.6 is 24.0 Å². The Bertz CT molecular complexity index is 393. The monoisotopic (exact) mass is 468 g/mol. The van der Waals surface area contributed by atoms with Gasteiger partial charge in [-0.25, -0.2) is 4.99 Å². The average Bonchev–Trinajstić information content (AvgIpc) is 2.58. The van der Waals surface area contributed by atoms with Crippen molar-refractivity contribution < 1.29 is 9.90 Å². The van der Waals surface area contributed by atoms with Gasteiger partial charge in [-0.05, 0) is 39.0 Å². The zero-order valence-electron chi connectivity index (χ0n) is 16.1. The molecule has 0 saturated carbocycles. The molecule has 1 rings (SSSR count). The molecule has 1 amide bonds. The van der Waals surface area contributed by atoms with Crippen molar-refractivity contribution in [3.63, 3.8) is 0 Å². The van der Waals surface area contributed by atoms with Crippen LogP contribution in [0.5, 0.6) is 0 Å². The summed E-state index contributed by atoms with van der Waals surface area (Å²) in [6, 6.07) is 0. The van der Waals surface area contributed by atoms with Crippen molar-refractivity contribution in [3.05, 3.63) is 0 Å². The summed E-state index contributed by atoms with van der Waals surface area (Å²) >= 11 is 0. The van der Waals surface area contributed by atoms with E-state index in [1.807, 2.05) is 11.8 Å². The van der Waals surface area contributed by atoms with Gasteiger partial charge in [0.1, 0.15) is 6.54 Å². The minimum Gasteiger partial charge on any atom is -0.388 e. The number of piperidine rings is 1. The maximum atomic E-state index is 12.2. The Kier molecular flexibility index (Phi) is 13.3. The predicted octanol–water partition coefficient (Wildman–Crippen LogP) is 2.50. The molecular formula is C18H37IN4O2. The number of carbonyl (C=O) groups excluding carboxylic acids is 1. The molecule has 3 N–H and O–H groups in total. The number of guanidine groups is 1. The zero-order chi connectivity index (χ0) is 17.8. The van der Waals surface area contributed by atoms with E-state index in [0.29, 0.717) is 12.5 Å². The highest BCUT2D eigenvalue weighted by Gasteiger charge is 2.25. The molecule has 7 heteroatoms. The number of likely N-dealkylation sites (tertiary alicyclic amines) is 1. The predicted molar refractivity (Wildman–Crippen MR) is 115 cm³/mol. The van der Waals surface area contributed by atoms with Crippen LogP contribution in [0.1, 0.15) is 65.7 Å². The van der Waals surface area contributed by atoms with Crippen LogP contribution in [0.2, 0.25) is 0 Å². The molecule has 0 radical (unpaired) electrons. The largest absolute Gasteiger partial charge is 0.388 e. The second-order valence-corrected chi connectivity index (χ2v) is 6.71. The van der Waals surface area contributed by atoms with E-state index in [-0.39, 0.29) is 36.4 Å². The lowest BCUT2D eigenvalue weighted by Gasteiger charge is -2.29. The van der Waals surface area contributed by atoms with Gasteiger partial charge in [0.05, 0.1) is 5.60 Å². The summed E-state index contributed by atoms with van der Waals surface area (Å²) in [7, 11) is 0. The molecule has 0 bridgehead atoms. The van der Waals surface area contributed by atoms with Gasteiger partial charge in [0.2, 0.25) is 5.91 Å². The van der Waals surface area contributed by atoms with Crippen LogP contribution in [-0.4, -0.2) is 60.2 Å². The summed E-state index contributed by atoms with van der Waals surface area (Å²) in [4.78, 5) is 18.5. The number of aliphatic hydroxyl groups is 1. The van der Waals surface area contributed by atoms with E-state index in [0.717, 1.165) is 58.2 Å². The number of carbonyl (C=O) groups is 1. The van der Waals surface area contributed by atoms with Gasteiger partial charge in [-0.1, -0.05) is 26.7 Å². The molecule has 1 heterocycles. The van der Waals surface area contributed by atoms with E-state index in [2.05, 4.69) is 29.5 Å². The molecule has 25 heavy (non-hydrogen) atoms. The molecule has 148 valence electrons. The van der Waals surface area contributed by atoms with E-state index in [1.54, 1.807) is 0 Å². The molecule has 1 aliphatic heterocycles. The smallest absolute Gasteiger partial charge is 0.244 e. The summed E-state index contributed by atoms with van der Waals surface area (Å²) in [5, 5.41) is 17.1. The molecule has 6 nitrogen and oxygen atoms in total. The first-order chi connectivity index (χ1) is 11.5. The minimum absolute atomic E-state index is 0. The molecule has 0 unspecified atom stereocenters. The van der Waals surface area contributed by atoms with Crippen molar-refractivity contribution in [3.8, 4) is 0 Å². The van der Waals surface area contributed by atoms with Crippen molar-refractivity contribution in [2.24, 2.45) is 4.99 Å². The Morgan fingerprint density at radius 3 is 2.20 bits per heavy atom. The highest BCUT2D eigenvalue weighted by molar-refractivity contribution is 14.0. The fourth-order valence-electron chi connectivity index (χ4n) is 3.21. The summed E-state index contributed by atoms with van der Waals surface area (Å²) < 4.78 is 0. The third kappa shape index (κ3) is 9.63. The molecule has 0 atom stereocenters. The number of amides is 1. The molecule has 1 saturated heterocycles. The summed E-state index contributed by atoms with van der Waals surface area (Å²) in [6.45, 7) is 9.20. The molecular weight excluding hydrogens is 431 g/mol. The molecule has 0 aromatic rings. The first kappa shape index (κ1) is 24.4. The van der Waals surface area contributed by atoms with Gasteiger partial charge >= 0.3 is 0 Å². The summed E-state index contributed by atoms with van der Waals surface area (Å²) in [5.41, 5.74) is -0.712. The van der Waals surface area contributed by atoms with E-state index in [1.165, 1.54) is 6.42 Å². The lowest BCUT2D eigenvalue weighted by Crippen LogP contribution is -2.47. The normalized spacial score (nSPS) is 15.5. The van der Waals surface area contributed by atoms with Gasteiger partial charge in [-0.15, -0.1) is 24.0 Å². The Balaban J connectivity index is 0.00000576. The number of hydrogen-bond acceptors (Lipinski definition) is 3. The van der Waals surface area contributed by atoms with Crippen LogP contribution in [0.3, 0.4) is 0 Å². The lowest BCUT2D eigenvalue weighted by atomic mass is 9.93. The number of aliphatic imine (C=N–C) groups is 1. The third-order valence-corrected chi connectivity index (χ3v) is 4.44. The van der Waals surface area contributed by atoms with Gasteiger partial charge in [-0.3, -0.25) is 4.79 Å². The average molecular weight is 468 g/mol. The Morgan fingerprint density at radius 2 is 1.68 bits per heavy atom. The molecule has 0 aromatic heterocycles. The fourth-order valence-corrected chi connectivity index (χ4v) is 3.21. The van der Waals surface area contributed by atoms with E-state index >= 15 is 0 Å². The van der Waals surface area contributed by atoms with Crippen LogP contribution in [0, 0.1) is 0 Å². The first-order valence-electron chi connectivity index (χ1n) is 9.57. The van der Waals surface area contributed by atoms with E-state index in [4.69, 9.17) is 0 Å².